The number of aromatic amines is 1. The highest BCUT2D eigenvalue weighted by molar-refractivity contribution is 6.36. The van der Waals surface area contributed by atoms with Gasteiger partial charge in [-0.2, -0.15) is 0 Å². The predicted molar refractivity (Wildman–Crippen MR) is 135 cm³/mol. The van der Waals surface area contributed by atoms with E-state index in [1.54, 1.807) is 24.4 Å². The number of aromatic nitrogens is 1. The van der Waals surface area contributed by atoms with Crippen molar-refractivity contribution in [3.8, 4) is 11.1 Å². The molecule has 2 aromatic carbocycles. The summed E-state index contributed by atoms with van der Waals surface area (Å²) >= 11 is 6.24. The van der Waals surface area contributed by atoms with E-state index in [0.717, 1.165) is 25.7 Å². The van der Waals surface area contributed by atoms with Crippen molar-refractivity contribution in [1.82, 2.24) is 10.3 Å². The Balaban J connectivity index is 1.51. The molecule has 5 rings (SSSR count). The van der Waals surface area contributed by atoms with Crippen LogP contribution >= 0.6 is 11.6 Å². The molecule has 0 spiro atoms. The van der Waals surface area contributed by atoms with Crippen molar-refractivity contribution in [3.63, 3.8) is 0 Å². The number of amides is 1. The van der Waals surface area contributed by atoms with Gasteiger partial charge in [0.1, 0.15) is 17.7 Å². The van der Waals surface area contributed by atoms with E-state index in [-0.39, 0.29) is 11.6 Å². The maximum absolute atomic E-state index is 16.1. The second-order valence-corrected chi connectivity index (χ2v) is 10.7. The highest BCUT2D eigenvalue weighted by atomic mass is 35.5. The van der Waals surface area contributed by atoms with E-state index in [0.29, 0.717) is 32.7 Å². The lowest BCUT2D eigenvalue weighted by Gasteiger charge is -2.44. The first-order valence-corrected chi connectivity index (χ1v) is 12.6. The number of H-pyrrole nitrogens is 1. The van der Waals surface area contributed by atoms with Crippen LogP contribution in [0.4, 0.5) is 19.3 Å². The molecule has 1 aliphatic heterocycles. The zero-order chi connectivity index (χ0) is 24.9. The normalized spacial score (nSPS) is 21.9. The zero-order valence-corrected chi connectivity index (χ0v) is 20.9. The third-order valence-electron chi connectivity index (χ3n) is 7.43. The largest absolute Gasteiger partial charge is 0.443 e. The number of rotatable bonds is 3. The number of para-hydroxylation sites is 1. The fraction of sp³-hybridized carbons (Fsp3) is 0.444. The number of fused-ring (bicyclic) bond motifs is 2. The minimum atomic E-state index is -0.732. The van der Waals surface area contributed by atoms with Crippen LogP contribution in [-0.2, 0) is 4.74 Å². The number of carbonyl (C=O) groups is 1. The molecule has 1 fully saturated rings. The van der Waals surface area contributed by atoms with Gasteiger partial charge in [-0.05, 0) is 32.8 Å². The van der Waals surface area contributed by atoms with Crippen LogP contribution in [-0.4, -0.2) is 28.8 Å². The third kappa shape index (κ3) is 4.24. The zero-order valence-electron chi connectivity index (χ0n) is 20.1. The van der Waals surface area contributed by atoms with E-state index in [2.05, 4.69) is 15.6 Å². The molecule has 186 valence electrons. The molecule has 1 saturated carbocycles. The quantitative estimate of drug-likeness (QED) is 0.348. The van der Waals surface area contributed by atoms with Crippen LogP contribution < -0.4 is 10.6 Å². The van der Waals surface area contributed by atoms with Crippen LogP contribution in [0.3, 0.4) is 0 Å². The second kappa shape index (κ2) is 9.01. The van der Waals surface area contributed by atoms with E-state index in [1.165, 1.54) is 12.5 Å². The Hall–Kier alpha value is -2.80. The van der Waals surface area contributed by atoms with E-state index in [9.17, 15) is 4.79 Å². The molecule has 3 aromatic rings. The van der Waals surface area contributed by atoms with Gasteiger partial charge < -0.3 is 20.4 Å². The average Bonchev–Trinajstić information content (AvgIpc) is 3.18. The molecule has 2 heterocycles. The molecule has 0 bridgehead atoms. The number of halogens is 3. The van der Waals surface area contributed by atoms with Gasteiger partial charge >= 0.3 is 6.09 Å². The highest BCUT2D eigenvalue weighted by Gasteiger charge is 2.45. The molecule has 1 aliphatic carbocycles. The Morgan fingerprint density at radius 1 is 1.20 bits per heavy atom. The Labute approximate surface area is 208 Å². The van der Waals surface area contributed by atoms with Crippen molar-refractivity contribution in [1.29, 1.82) is 0 Å². The summed E-state index contributed by atoms with van der Waals surface area (Å²) < 4.78 is 37.4. The standard InChI is InChI=1S/C27H30ClF2N3O2/c1-14-21-20(33-27(2,3)25(14)35-26(34)32-15-8-5-4-6-9-15)12-19(29)22(23(21)30)17-11-7-10-16-18(28)13-31-24(16)17/h7,10-15,25,31,33H,4-6,8-9H2,1-3H3,(H,32,34)/t14-,25?/m0/s1. The van der Waals surface area contributed by atoms with Crippen LogP contribution in [0.1, 0.15) is 64.4 Å². The average molecular weight is 502 g/mol. The van der Waals surface area contributed by atoms with Crippen molar-refractivity contribution in [3.05, 3.63) is 52.7 Å². The summed E-state index contributed by atoms with van der Waals surface area (Å²) in [6, 6.07) is 6.62. The minimum Gasteiger partial charge on any atom is -0.443 e. The van der Waals surface area contributed by atoms with Crippen LogP contribution in [0.2, 0.25) is 5.02 Å². The molecular weight excluding hydrogens is 472 g/mol. The number of ether oxygens (including phenoxy) is 1. The van der Waals surface area contributed by atoms with E-state index in [1.807, 2.05) is 20.8 Å². The van der Waals surface area contributed by atoms with Gasteiger partial charge in [0.05, 0.1) is 21.6 Å². The molecular formula is C27H30ClF2N3O2. The first-order chi connectivity index (χ1) is 16.7. The number of hydrogen-bond acceptors (Lipinski definition) is 3. The van der Waals surface area contributed by atoms with E-state index >= 15 is 8.78 Å². The Morgan fingerprint density at radius 3 is 2.69 bits per heavy atom. The van der Waals surface area contributed by atoms with Crippen molar-refractivity contribution in [2.24, 2.45) is 0 Å². The van der Waals surface area contributed by atoms with Crippen molar-refractivity contribution < 1.29 is 18.3 Å². The van der Waals surface area contributed by atoms with Crippen LogP contribution in [0.25, 0.3) is 22.0 Å². The molecule has 35 heavy (non-hydrogen) atoms. The van der Waals surface area contributed by atoms with Crippen molar-refractivity contribution in [2.75, 3.05) is 5.32 Å². The molecule has 1 amide bonds. The molecule has 0 saturated heterocycles. The molecule has 1 unspecified atom stereocenters. The lowest BCUT2D eigenvalue weighted by molar-refractivity contribution is 0.0438. The molecule has 2 aliphatic rings. The van der Waals surface area contributed by atoms with Gasteiger partial charge in [0.15, 0.2) is 0 Å². The van der Waals surface area contributed by atoms with Gasteiger partial charge in [-0.3, -0.25) is 0 Å². The fourth-order valence-corrected chi connectivity index (χ4v) is 5.98. The molecule has 0 radical (unpaired) electrons. The van der Waals surface area contributed by atoms with E-state index < -0.39 is 35.3 Å². The van der Waals surface area contributed by atoms with Gasteiger partial charge in [0, 0.05) is 40.4 Å². The van der Waals surface area contributed by atoms with E-state index in [4.69, 9.17) is 16.3 Å². The molecule has 5 nitrogen and oxygen atoms in total. The maximum atomic E-state index is 16.1. The van der Waals surface area contributed by atoms with Crippen molar-refractivity contribution >= 4 is 34.3 Å². The molecule has 8 heteroatoms. The van der Waals surface area contributed by atoms with Gasteiger partial charge in [0.2, 0.25) is 0 Å². The third-order valence-corrected chi connectivity index (χ3v) is 7.74. The molecule has 1 aromatic heterocycles. The first-order valence-electron chi connectivity index (χ1n) is 12.2. The Bertz CT molecular complexity index is 1280. The number of carbonyl (C=O) groups excluding carboxylic acids is 1. The second-order valence-electron chi connectivity index (χ2n) is 10.3. The summed E-state index contributed by atoms with van der Waals surface area (Å²) in [7, 11) is 0. The first kappa shape index (κ1) is 23.9. The summed E-state index contributed by atoms with van der Waals surface area (Å²) in [5.74, 6) is -1.86. The molecule has 2 atom stereocenters. The fourth-order valence-electron chi connectivity index (χ4n) is 5.77. The van der Waals surface area contributed by atoms with Crippen molar-refractivity contribution in [2.45, 2.75) is 76.5 Å². The summed E-state index contributed by atoms with van der Waals surface area (Å²) in [5, 5.41) is 7.36. The lowest BCUT2D eigenvalue weighted by atomic mass is 9.77. The summed E-state index contributed by atoms with van der Waals surface area (Å²) in [6.07, 6.45) is 5.67. The van der Waals surface area contributed by atoms with Gasteiger partial charge in [0.25, 0.3) is 0 Å². The maximum Gasteiger partial charge on any atom is 0.407 e. The SMILES string of the molecule is C[C@H]1c2c(cc(F)c(-c3cccc4c(Cl)c[nH]c34)c2F)NC(C)(C)C1OC(=O)NC1CCCCC1. The Morgan fingerprint density at radius 2 is 1.94 bits per heavy atom. The molecule has 3 N–H and O–H groups in total. The van der Waals surface area contributed by atoms with Crippen LogP contribution in [0.5, 0.6) is 0 Å². The Kier molecular flexibility index (Phi) is 6.16. The number of nitrogens with one attached hydrogen (secondary N) is 3. The smallest absolute Gasteiger partial charge is 0.407 e. The predicted octanol–water partition coefficient (Wildman–Crippen LogP) is 7.50. The van der Waals surface area contributed by atoms with Gasteiger partial charge in [-0.25, -0.2) is 13.6 Å². The van der Waals surface area contributed by atoms with Gasteiger partial charge in [-0.15, -0.1) is 0 Å². The lowest BCUT2D eigenvalue weighted by Crippen LogP contribution is -2.53. The number of benzene rings is 2. The van der Waals surface area contributed by atoms with Gasteiger partial charge in [-0.1, -0.05) is 56.0 Å². The summed E-state index contributed by atoms with van der Waals surface area (Å²) in [5.41, 5.74) is 0.746. The highest BCUT2D eigenvalue weighted by Crippen LogP contribution is 2.46. The summed E-state index contributed by atoms with van der Waals surface area (Å²) in [4.78, 5) is 15.8. The van der Waals surface area contributed by atoms with Crippen LogP contribution in [0, 0.1) is 11.6 Å². The topological polar surface area (TPSA) is 66.1 Å². The van der Waals surface area contributed by atoms with Crippen LogP contribution in [0.15, 0.2) is 30.5 Å². The number of anilines is 1. The minimum absolute atomic E-state index is 0.101. The number of alkyl carbamates (subject to hydrolysis) is 1. The monoisotopic (exact) mass is 501 g/mol. The summed E-state index contributed by atoms with van der Waals surface area (Å²) in [6.45, 7) is 5.56. The number of hydrogen-bond donors (Lipinski definition) is 3.